The molecule has 1 saturated carbocycles. The van der Waals surface area contributed by atoms with Crippen LogP contribution in [0.25, 0.3) is 0 Å². The molecule has 2 rings (SSSR count). The summed E-state index contributed by atoms with van der Waals surface area (Å²) in [6.07, 6.45) is 8.32. The predicted octanol–water partition coefficient (Wildman–Crippen LogP) is 2.92. The number of nitrogens with zero attached hydrogens (tertiary/aromatic N) is 2. The Hall–Kier alpha value is -0.990. The van der Waals surface area contributed by atoms with Gasteiger partial charge in [0, 0.05) is 5.56 Å². The molecule has 3 heteroatoms. The lowest BCUT2D eigenvalue weighted by Crippen LogP contribution is -2.12. The SMILES string of the molecule is Cc1cnn(C2CCCC(C)CC2)c1N. The van der Waals surface area contributed by atoms with Crippen molar-refractivity contribution in [1.29, 1.82) is 0 Å². The molecule has 0 saturated heterocycles. The van der Waals surface area contributed by atoms with Gasteiger partial charge in [-0.15, -0.1) is 0 Å². The van der Waals surface area contributed by atoms with Gasteiger partial charge in [-0.2, -0.15) is 5.10 Å². The summed E-state index contributed by atoms with van der Waals surface area (Å²) in [5.74, 6) is 1.72. The van der Waals surface area contributed by atoms with Crippen LogP contribution in [0.1, 0.15) is 50.6 Å². The molecule has 2 N–H and O–H groups in total. The van der Waals surface area contributed by atoms with Crippen LogP contribution in [-0.4, -0.2) is 9.78 Å². The first kappa shape index (κ1) is 10.5. The number of rotatable bonds is 1. The highest BCUT2D eigenvalue weighted by molar-refractivity contribution is 5.37. The van der Waals surface area contributed by atoms with Crippen molar-refractivity contribution in [3.8, 4) is 0 Å². The van der Waals surface area contributed by atoms with Crippen LogP contribution in [0.15, 0.2) is 6.20 Å². The molecule has 1 aliphatic rings. The van der Waals surface area contributed by atoms with Crippen LogP contribution in [0.5, 0.6) is 0 Å². The fourth-order valence-corrected chi connectivity index (χ4v) is 2.46. The molecule has 2 atom stereocenters. The van der Waals surface area contributed by atoms with Crippen LogP contribution >= 0.6 is 0 Å². The minimum absolute atomic E-state index is 0.531. The minimum atomic E-state index is 0.531. The van der Waals surface area contributed by atoms with E-state index in [4.69, 9.17) is 5.73 Å². The summed E-state index contributed by atoms with van der Waals surface area (Å²) >= 11 is 0. The molecule has 1 heterocycles. The zero-order chi connectivity index (χ0) is 10.8. The molecule has 0 bridgehead atoms. The molecule has 3 nitrogen and oxygen atoms in total. The third-order valence-electron chi connectivity index (χ3n) is 3.60. The number of hydrogen-bond acceptors (Lipinski definition) is 2. The lowest BCUT2D eigenvalue weighted by Gasteiger charge is -2.16. The van der Waals surface area contributed by atoms with Crippen LogP contribution < -0.4 is 5.73 Å². The van der Waals surface area contributed by atoms with Crippen molar-refractivity contribution >= 4 is 5.82 Å². The molecule has 1 aromatic rings. The highest BCUT2D eigenvalue weighted by atomic mass is 15.3. The van der Waals surface area contributed by atoms with E-state index in [-0.39, 0.29) is 0 Å². The Balaban J connectivity index is 2.13. The highest BCUT2D eigenvalue weighted by Crippen LogP contribution is 2.31. The van der Waals surface area contributed by atoms with Gasteiger partial charge in [0.2, 0.25) is 0 Å². The third-order valence-corrected chi connectivity index (χ3v) is 3.60. The monoisotopic (exact) mass is 207 g/mol. The van der Waals surface area contributed by atoms with Gasteiger partial charge in [0.25, 0.3) is 0 Å². The lowest BCUT2D eigenvalue weighted by molar-refractivity contribution is 0.403. The molecule has 84 valence electrons. The molecule has 15 heavy (non-hydrogen) atoms. The van der Waals surface area contributed by atoms with Gasteiger partial charge in [-0.1, -0.05) is 19.8 Å². The number of anilines is 1. The van der Waals surface area contributed by atoms with E-state index >= 15 is 0 Å². The second-order valence-electron chi connectivity index (χ2n) is 4.92. The fraction of sp³-hybridized carbons (Fsp3) is 0.750. The van der Waals surface area contributed by atoms with E-state index in [2.05, 4.69) is 12.0 Å². The van der Waals surface area contributed by atoms with Crippen LogP contribution in [0, 0.1) is 12.8 Å². The van der Waals surface area contributed by atoms with Gasteiger partial charge in [-0.05, 0) is 32.1 Å². The molecule has 0 aliphatic heterocycles. The second-order valence-corrected chi connectivity index (χ2v) is 4.92. The van der Waals surface area contributed by atoms with E-state index in [0.717, 1.165) is 17.3 Å². The Morgan fingerprint density at radius 2 is 2.13 bits per heavy atom. The quantitative estimate of drug-likeness (QED) is 0.719. The summed E-state index contributed by atoms with van der Waals surface area (Å²) in [6, 6.07) is 0.531. The smallest absolute Gasteiger partial charge is 0.124 e. The Morgan fingerprint density at radius 3 is 2.80 bits per heavy atom. The maximum Gasteiger partial charge on any atom is 0.124 e. The van der Waals surface area contributed by atoms with Crippen molar-refractivity contribution in [2.75, 3.05) is 5.73 Å². The summed E-state index contributed by atoms with van der Waals surface area (Å²) in [5, 5.41) is 4.40. The molecule has 0 spiro atoms. The first-order chi connectivity index (χ1) is 7.18. The Kier molecular flexibility index (Phi) is 2.98. The summed E-state index contributed by atoms with van der Waals surface area (Å²) < 4.78 is 2.04. The number of hydrogen-bond donors (Lipinski definition) is 1. The lowest BCUT2D eigenvalue weighted by atomic mass is 10.0. The average Bonchev–Trinajstić information content (AvgIpc) is 2.43. The van der Waals surface area contributed by atoms with Crippen LogP contribution in [0.4, 0.5) is 5.82 Å². The highest BCUT2D eigenvalue weighted by Gasteiger charge is 2.19. The topological polar surface area (TPSA) is 43.8 Å². The molecule has 2 unspecified atom stereocenters. The predicted molar refractivity (Wildman–Crippen MR) is 62.7 cm³/mol. The van der Waals surface area contributed by atoms with E-state index in [0.29, 0.717) is 6.04 Å². The van der Waals surface area contributed by atoms with Crippen molar-refractivity contribution in [3.63, 3.8) is 0 Å². The average molecular weight is 207 g/mol. The van der Waals surface area contributed by atoms with Crippen LogP contribution in [-0.2, 0) is 0 Å². The number of nitrogen functional groups attached to an aromatic ring is 1. The van der Waals surface area contributed by atoms with Crippen LogP contribution in [0.3, 0.4) is 0 Å². The Bertz CT molecular complexity index is 330. The standard InChI is InChI=1S/C12H21N3/c1-9-4-3-5-11(7-6-9)15-12(13)10(2)8-14-15/h8-9,11H,3-7,13H2,1-2H3. The van der Waals surface area contributed by atoms with Crippen molar-refractivity contribution < 1.29 is 0 Å². The van der Waals surface area contributed by atoms with Crippen molar-refractivity contribution in [1.82, 2.24) is 9.78 Å². The van der Waals surface area contributed by atoms with Crippen molar-refractivity contribution in [2.45, 2.75) is 52.0 Å². The first-order valence-corrected chi connectivity index (χ1v) is 5.98. The van der Waals surface area contributed by atoms with Gasteiger partial charge in [-0.25, -0.2) is 4.68 Å². The number of nitrogens with two attached hydrogens (primary N) is 1. The molecule has 1 aromatic heterocycles. The molecule has 1 aliphatic carbocycles. The fourth-order valence-electron chi connectivity index (χ4n) is 2.46. The Morgan fingerprint density at radius 1 is 1.33 bits per heavy atom. The molecule has 0 amide bonds. The summed E-state index contributed by atoms with van der Waals surface area (Å²) in [5.41, 5.74) is 7.12. The zero-order valence-electron chi connectivity index (χ0n) is 9.74. The van der Waals surface area contributed by atoms with Crippen molar-refractivity contribution in [2.24, 2.45) is 5.92 Å². The van der Waals surface area contributed by atoms with Gasteiger partial charge in [0.1, 0.15) is 5.82 Å². The molecule has 0 radical (unpaired) electrons. The third kappa shape index (κ3) is 2.16. The van der Waals surface area contributed by atoms with E-state index < -0.39 is 0 Å². The maximum atomic E-state index is 6.02. The van der Waals surface area contributed by atoms with E-state index in [1.807, 2.05) is 17.8 Å². The summed E-state index contributed by atoms with van der Waals surface area (Å²) in [6.45, 7) is 4.37. The van der Waals surface area contributed by atoms with E-state index in [9.17, 15) is 0 Å². The van der Waals surface area contributed by atoms with Gasteiger partial charge in [-0.3, -0.25) is 0 Å². The summed E-state index contributed by atoms with van der Waals surface area (Å²) in [4.78, 5) is 0. The minimum Gasteiger partial charge on any atom is -0.384 e. The van der Waals surface area contributed by atoms with Gasteiger partial charge >= 0.3 is 0 Å². The van der Waals surface area contributed by atoms with Gasteiger partial charge < -0.3 is 5.73 Å². The van der Waals surface area contributed by atoms with E-state index in [1.165, 1.54) is 32.1 Å². The molecular weight excluding hydrogens is 186 g/mol. The summed E-state index contributed by atoms with van der Waals surface area (Å²) in [7, 11) is 0. The maximum absolute atomic E-state index is 6.02. The first-order valence-electron chi connectivity index (χ1n) is 5.98. The Labute approximate surface area is 91.7 Å². The van der Waals surface area contributed by atoms with Crippen molar-refractivity contribution in [3.05, 3.63) is 11.8 Å². The normalized spacial score (nSPS) is 27.6. The molecule has 1 fully saturated rings. The van der Waals surface area contributed by atoms with Crippen LogP contribution in [0.2, 0.25) is 0 Å². The van der Waals surface area contributed by atoms with E-state index in [1.54, 1.807) is 0 Å². The molecular formula is C12H21N3. The number of aryl methyl sites for hydroxylation is 1. The van der Waals surface area contributed by atoms with Gasteiger partial charge in [0.15, 0.2) is 0 Å². The zero-order valence-corrected chi connectivity index (χ0v) is 9.74. The largest absolute Gasteiger partial charge is 0.384 e. The number of aromatic nitrogens is 2. The molecule has 0 aromatic carbocycles. The second kappa shape index (κ2) is 4.25. The van der Waals surface area contributed by atoms with Gasteiger partial charge in [0.05, 0.1) is 12.2 Å².